The van der Waals surface area contributed by atoms with Crippen LogP contribution in [-0.4, -0.2) is 4.57 Å². The number of benzene rings is 6. The Balaban J connectivity index is 1.47. The minimum absolute atomic E-state index is 0.371. The van der Waals surface area contributed by atoms with Crippen LogP contribution in [0.1, 0.15) is 26.3 Å². The highest BCUT2D eigenvalue weighted by Crippen LogP contribution is 2.42. The lowest BCUT2D eigenvalue weighted by molar-refractivity contribution is 0.563. The second-order valence-corrected chi connectivity index (χ2v) is 11.0. The molecule has 3 nitrogen and oxygen atoms in total. The van der Waals surface area contributed by atoms with E-state index in [4.69, 9.17) is 0 Å². The second-order valence-electron chi connectivity index (χ2n) is 11.0. The highest BCUT2D eigenvalue weighted by atomic mass is 15.1. The molecule has 1 atom stereocenters. The lowest BCUT2D eigenvalue weighted by Gasteiger charge is -2.26. The molecule has 43 heavy (non-hydrogen) atoms. The van der Waals surface area contributed by atoms with E-state index in [1.165, 1.54) is 21.8 Å². The summed E-state index contributed by atoms with van der Waals surface area (Å²) in [5.41, 5.74) is 9.35. The van der Waals surface area contributed by atoms with Gasteiger partial charge in [0.25, 0.3) is 0 Å². The van der Waals surface area contributed by atoms with E-state index in [0.29, 0.717) is 6.04 Å². The number of fused-ring (bicyclic) bond motifs is 3. The topological polar surface area (TPSA) is 11.4 Å². The van der Waals surface area contributed by atoms with Gasteiger partial charge >= 0.3 is 0 Å². The molecule has 0 aliphatic heterocycles. The van der Waals surface area contributed by atoms with Gasteiger partial charge in [-0.15, -0.1) is 0 Å². The van der Waals surface area contributed by atoms with E-state index in [2.05, 4.69) is 186 Å². The molecule has 0 spiro atoms. The number of hydrogen-bond donors (Lipinski definition) is 0. The second kappa shape index (κ2) is 11.5. The van der Waals surface area contributed by atoms with E-state index in [-0.39, 0.29) is 0 Å². The zero-order chi connectivity index (χ0) is 29.2. The van der Waals surface area contributed by atoms with Crippen LogP contribution in [0.4, 0.5) is 34.1 Å². The summed E-state index contributed by atoms with van der Waals surface area (Å²) < 4.78 is 2.52. The molecule has 6 aromatic carbocycles. The first-order valence-corrected chi connectivity index (χ1v) is 15.1. The van der Waals surface area contributed by atoms with Crippen molar-refractivity contribution in [1.29, 1.82) is 0 Å². The van der Waals surface area contributed by atoms with Crippen LogP contribution < -0.4 is 9.80 Å². The third-order valence-electron chi connectivity index (χ3n) is 8.38. The Bertz CT molecular complexity index is 1740. The highest BCUT2D eigenvalue weighted by Gasteiger charge is 2.20. The molecule has 0 saturated heterocycles. The van der Waals surface area contributed by atoms with Crippen molar-refractivity contribution in [1.82, 2.24) is 4.57 Å². The minimum atomic E-state index is 0.371. The number of para-hydroxylation sites is 4. The molecule has 0 radical (unpaired) electrons. The molecule has 7 rings (SSSR count). The molecule has 0 aliphatic carbocycles. The molecule has 0 amide bonds. The summed E-state index contributed by atoms with van der Waals surface area (Å²) in [6, 6.07) is 56.8. The summed E-state index contributed by atoms with van der Waals surface area (Å²) in [6.07, 6.45) is 1.06. The summed E-state index contributed by atoms with van der Waals surface area (Å²) in [6.45, 7) is 4.59. The average Bonchev–Trinajstić information content (AvgIpc) is 3.40. The number of anilines is 6. The van der Waals surface area contributed by atoms with Crippen LogP contribution in [0.5, 0.6) is 0 Å². The van der Waals surface area contributed by atoms with Crippen molar-refractivity contribution in [2.45, 2.75) is 26.3 Å². The van der Waals surface area contributed by atoms with E-state index in [0.717, 1.165) is 40.5 Å². The van der Waals surface area contributed by atoms with Crippen molar-refractivity contribution in [3.63, 3.8) is 0 Å². The molecule has 1 heterocycles. The van der Waals surface area contributed by atoms with Gasteiger partial charge in [-0.2, -0.15) is 0 Å². The third kappa shape index (κ3) is 4.93. The van der Waals surface area contributed by atoms with Crippen molar-refractivity contribution in [3.8, 4) is 0 Å². The largest absolute Gasteiger partial charge is 0.338 e. The van der Waals surface area contributed by atoms with Crippen molar-refractivity contribution >= 4 is 55.9 Å². The van der Waals surface area contributed by atoms with E-state index >= 15 is 0 Å². The van der Waals surface area contributed by atoms with Crippen LogP contribution in [-0.2, 0) is 0 Å². The molecule has 0 bridgehead atoms. The Hall–Kier alpha value is -5.28. The quantitative estimate of drug-likeness (QED) is 0.184. The first kappa shape index (κ1) is 26.6. The van der Waals surface area contributed by atoms with E-state index < -0.39 is 0 Å². The maximum atomic E-state index is 2.52. The van der Waals surface area contributed by atoms with E-state index in [1.54, 1.807) is 0 Å². The molecule has 3 heteroatoms. The van der Waals surface area contributed by atoms with Crippen LogP contribution in [0.25, 0.3) is 21.8 Å². The maximum Gasteiger partial charge on any atom is 0.0495 e. The maximum absolute atomic E-state index is 2.52. The first-order chi connectivity index (χ1) is 21.2. The van der Waals surface area contributed by atoms with Crippen LogP contribution in [0, 0.1) is 0 Å². The van der Waals surface area contributed by atoms with Crippen molar-refractivity contribution in [3.05, 3.63) is 158 Å². The molecule has 7 aromatic rings. The Morgan fingerprint density at radius 2 is 0.767 bits per heavy atom. The van der Waals surface area contributed by atoms with E-state index in [9.17, 15) is 0 Å². The molecule has 1 unspecified atom stereocenters. The number of rotatable bonds is 8. The fraction of sp³-hybridized carbons (Fsp3) is 0.100. The van der Waals surface area contributed by atoms with Gasteiger partial charge in [-0.1, -0.05) is 79.7 Å². The molecule has 210 valence electrons. The Morgan fingerprint density at radius 1 is 0.442 bits per heavy atom. The van der Waals surface area contributed by atoms with E-state index in [1.807, 2.05) is 0 Å². The minimum Gasteiger partial charge on any atom is -0.338 e. The Kier molecular flexibility index (Phi) is 7.14. The predicted molar refractivity (Wildman–Crippen MR) is 184 cm³/mol. The number of hydrogen-bond acceptors (Lipinski definition) is 2. The summed E-state index contributed by atoms with van der Waals surface area (Å²) in [5.74, 6) is 0. The first-order valence-electron chi connectivity index (χ1n) is 15.1. The number of nitrogens with zero attached hydrogens (tertiary/aromatic N) is 3. The summed E-state index contributed by atoms with van der Waals surface area (Å²) in [5, 5.41) is 2.51. The van der Waals surface area contributed by atoms with Crippen LogP contribution >= 0.6 is 0 Å². The molecular weight excluding hydrogens is 522 g/mol. The van der Waals surface area contributed by atoms with Crippen molar-refractivity contribution < 1.29 is 0 Å². The molecular formula is C40H35N3. The molecule has 1 aromatic heterocycles. The van der Waals surface area contributed by atoms with Crippen LogP contribution in [0.3, 0.4) is 0 Å². The van der Waals surface area contributed by atoms with Crippen LogP contribution in [0.15, 0.2) is 158 Å². The fourth-order valence-corrected chi connectivity index (χ4v) is 6.17. The third-order valence-corrected chi connectivity index (χ3v) is 8.38. The standard InChI is InChI=1S/C40H35N3/c1-3-30(2)41-39-26-24-35(42(31-16-8-4-9-17-31)32-18-10-5-11-19-32)28-37(39)38-29-36(25-27-40(38)41)43(33-20-12-6-13-21-33)34-22-14-7-15-23-34/h4-30H,3H2,1-2H3. The van der Waals surface area contributed by atoms with Crippen LogP contribution in [0.2, 0.25) is 0 Å². The predicted octanol–water partition coefficient (Wildman–Crippen LogP) is 11.7. The Labute approximate surface area is 253 Å². The van der Waals surface area contributed by atoms with Crippen molar-refractivity contribution in [2.24, 2.45) is 0 Å². The smallest absolute Gasteiger partial charge is 0.0495 e. The van der Waals surface area contributed by atoms with Gasteiger partial charge in [-0.05, 0) is 98.3 Å². The van der Waals surface area contributed by atoms with Gasteiger partial charge in [-0.3, -0.25) is 0 Å². The summed E-state index contributed by atoms with van der Waals surface area (Å²) in [7, 11) is 0. The van der Waals surface area contributed by atoms with Crippen molar-refractivity contribution in [2.75, 3.05) is 9.80 Å². The lowest BCUT2D eigenvalue weighted by Crippen LogP contribution is -2.09. The molecule has 0 saturated carbocycles. The SMILES string of the molecule is CCC(C)n1c2ccc(N(c3ccccc3)c3ccccc3)cc2c2cc(N(c3ccccc3)c3ccccc3)ccc21. The van der Waals surface area contributed by atoms with Gasteiger partial charge in [0.1, 0.15) is 0 Å². The zero-order valence-corrected chi connectivity index (χ0v) is 24.6. The molecule has 0 aliphatic rings. The average molecular weight is 558 g/mol. The summed E-state index contributed by atoms with van der Waals surface area (Å²) in [4.78, 5) is 4.69. The number of aromatic nitrogens is 1. The van der Waals surface area contributed by atoms with Gasteiger partial charge < -0.3 is 14.4 Å². The van der Waals surface area contributed by atoms with Gasteiger partial charge in [0, 0.05) is 62.0 Å². The van der Waals surface area contributed by atoms with Gasteiger partial charge in [0.15, 0.2) is 0 Å². The lowest BCUT2D eigenvalue weighted by atomic mass is 10.1. The monoisotopic (exact) mass is 557 g/mol. The normalized spacial score (nSPS) is 12.0. The zero-order valence-electron chi connectivity index (χ0n) is 24.6. The molecule has 0 N–H and O–H groups in total. The fourth-order valence-electron chi connectivity index (χ4n) is 6.17. The molecule has 0 fully saturated rings. The highest BCUT2D eigenvalue weighted by molar-refractivity contribution is 6.11. The van der Waals surface area contributed by atoms with Gasteiger partial charge in [0.2, 0.25) is 0 Å². The van der Waals surface area contributed by atoms with Gasteiger partial charge in [0.05, 0.1) is 0 Å². The Morgan fingerprint density at radius 3 is 1.07 bits per heavy atom. The van der Waals surface area contributed by atoms with Gasteiger partial charge in [-0.25, -0.2) is 0 Å². The summed E-state index contributed by atoms with van der Waals surface area (Å²) >= 11 is 0.